The van der Waals surface area contributed by atoms with E-state index in [0.717, 1.165) is 27.9 Å². The van der Waals surface area contributed by atoms with Crippen LogP contribution in [0.4, 0.5) is 18.9 Å². The van der Waals surface area contributed by atoms with E-state index in [4.69, 9.17) is 12.2 Å². The Bertz CT molecular complexity index is 666. The maximum Gasteiger partial charge on any atom is 0.416 e. The molecule has 21 heavy (non-hydrogen) atoms. The fourth-order valence-corrected chi connectivity index (χ4v) is 2.36. The number of aryl methyl sites for hydroxylation is 1. The average Bonchev–Trinajstić information content (AvgIpc) is 2.43. The van der Waals surface area contributed by atoms with Gasteiger partial charge in [-0.2, -0.15) is 13.2 Å². The van der Waals surface area contributed by atoms with Gasteiger partial charge in [-0.3, -0.25) is 0 Å². The molecule has 0 radical (unpaired) electrons. The number of benzene rings is 2. The van der Waals surface area contributed by atoms with Crippen molar-refractivity contribution in [3.63, 3.8) is 0 Å². The summed E-state index contributed by atoms with van der Waals surface area (Å²) in [6, 6.07) is 10.4. The molecule has 0 heterocycles. The quantitative estimate of drug-likeness (QED) is 0.691. The van der Waals surface area contributed by atoms with Crippen LogP contribution in [0.15, 0.2) is 46.9 Å². The van der Waals surface area contributed by atoms with Gasteiger partial charge < -0.3 is 5.32 Å². The first-order valence-corrected chi connectivity index (χ1v) is 7.23. The van der Waals surface area contributed by atoms with E-state index in [1.807, 2.05) is 25.1 Å². The summed E-state index contributed by atoms with van der Waals surface area (Å²) in [6.07, 6.45) is -4.34. The van der Waals surface area contributed by atoms with Crippen LogP contribution in [-0.4, -0.2) is 4.99 Å². The molecule has 1 N–H and O–H groups in total. The van der Waals surface area contributed by atoms with Crippen molar-refractivity contribution >= 4 is 38.8 Å². The molecule has 0 aliphatic carbocycles. The minimum atomic E-state index is -4.34. The zero-order chi connectivity index (χ0) is 15.6. The zero-order valence-corrected chi connectivity index (χ0v) is 13.4. The summed E-state index contributed by atoms with van der Waals surface area (Å²) in [5, 5.41) is 3.03. The number of anilines is 1. The molecular weight excluding hydrogens is 363 g/mol. The summed E-state index contributed by atoms with van der Waals surface area (Å²) >= 11 is 8.68. The zero-order valence-electron chi connectivity index (χ0n) is 11.0. The van der Waals surface area contributed by atoms with Gasteiger partial charge in [-0.05, 0) is 46.6 Å². The van der Waals surface area contributed by atoms with E-state index >= 15 is 0 Å². The van der Waals surface area contributed by atoms with Crippen LogP contribution in [0.2, 0.25) is 0 Å². The van der Waals surface area contributed by atoms with Gasteiger partial charge in [-0.15, -0.1) is 0 Å². The van der Waals surface area contributed by atoms with E-state index < -0.39 is 11.7 Å². The SMILES string of the molecule is Cc1cccc(NC(=S)c2ccc(C(F)(F)F)cc2)c1Br. The molecule has 0 fully saturated rings. The highest BCUT2D eigenvalue weighted by atomic mass is 79.9. The van der Waals surface area contributed by atoms with E-state index in [-0.39, 0.29) is 0 Å². The molecule has 0 saturated heterocycles. The lowest BCUT2D eigenvalue weighted by Gasteiger charge is -2.12. The third kappa shape index (κ3) is 3.83. The molecule has 0 aromatic heterocycles. The van der Waals surface area contributed by atoms with Crippen LogP contribution >= 0.6 is 28.1 Å². The van der Waals surface area contributed by atoms with Crippen LogP contribution in [0.1, 0.15) is 16.7 Å². The summed E-state index contributed by atoms with van der Waals surface area (Å²) in [6.45, 7) is 1.94. The molecule has 0 spiro atoms. The minimum Gasteiger partial charge on any atom is -0.345 e. The lowest BCUT2D eigenvalue weighted by atomic mass is 10.1. The molecule has 0 unspecified atom stereocenters. The third-order valence-electron chi connectivity index (χ3n) is 2.91. The molecule has 2 aromatic rings. The van der Waals surface area contributed by atoms with Gasteiger partial charge in [0.2, 0.25) is 0 Å². The smallest absolute Gasteiger partial charge is 0.345 e. The van der Waals surface area contributed by atoms with Gasteiger partial charge in [-0.25, -0.2) is 0 Å². The molecule has 0 saturated carbocycles. The largest absolute Gasteiger partial charge is 0.416 e. The van der Waals surface area contributed by atoms with Gasteiger partial charge >= 0.3 is 6.18 Å². The Morgan fingerprint density at radius 1 is 1.10 bits per heavy atom. The number of hydrogen-bond acceptors (Lipinski definition) is 1. The molecule has 6 heteroatoms. The molecule has 0 bridgehead atoms. The van der Waals surface area contributed by atoms with Crippen molar-refractivity contribution in [1.29, 1.82) is 0 Å². The number of thiocarbonyl (C=S) groups is 1. The summed E-state index contributed by atoms with van der Waals surface area (Å²) in [5.74, 6) is 0. The fraction of sp³-hybridized carbons (Fsp3) is 0.133. The normalized spacial score (nSPS) is 11.3. The van der Waals surface area contributed by atoms with Crippen molar-refractivity contribution in [2.75, 3.05) is 5.32 Å². The van der Waals surface area contributed by atoms with Crippen LogP contribution in [0, 0.1) is 6.92 Å². The molecule has 1 nitrogen and oxygen atoms in total. The van der Waals surface area contributed by atoms with Crippen molar-refractivity contribution in [3.8, 4) is 0 Å². The maximum atomic E-state index is 12.5. The van der Waals surface area contributed by atoms with E-state index in [9.17, 15) is 13.2 Å². The predicted molar refractivity (Wildman–Crippen MR) is 85.6 cm³/mol. The Hall–Kier alpha value is -1.40. The highest BCUT2D eigenvalue weighted by molar-refractivity contribution is 9.10. The van der Waals surface area contributed by atoms with E-state index in [1.54, 1.807) is 0 Å². The third-order valence-corrected chi connectivity index (χ3v) is 4.30. The maximum absolute atomic E-state index is 12.5. The van der Waals surface area contributed by atoms with Gasteiger partial charge in [0.05, 0.1) is 11.3 Å². The lowest BCUT2D eigenvalue weighted by Crippen LogP contribution is -2.12. The first-order valence-electron chi connectivity index (χ1n) is 6.03. The first-order chi connectivity index (χ1) is 9.79. The molecule has 2 rings (SSSR count). The van der Waals surface area contributed by atoms with Crippen molar-refractivity contribution in [2.24, 2.45) is 0 Å². The number of nitrogens with one attached hydrogen (secondary N) is 1. The van der Waals surface area contributed by atoms with E-state index in [2.05, 4.69) is 21.2 Å². The Morgan fingerprint density at radius 2 is 1.71 bits per heavy atom. The lowest BCUT2D eigenvalue weighted by molar-refractivity contribution is -0.137. The molecule has 0 aliphatic heterocycles. The Morgan fingerprint density at radius 3 is 2.29 bits per heavy atom. The average molecular weight is 374 g/mol. The summed E-state index contributed by atoms with van der Waals surface area (Å²) < 4.78 is 38.4. The molecule has 2 aromatic carbocycles. The Labute approximate surface area is 134 Å². The minimum absolute atomic E-state index is 0.370. The number of rotatable bonds is 2. The molecular formula is C15H11BrF3NS. The number of halogens is 4. The van der Waals surface area contributed by atoms with Gasteiger partial charge in [0.25, 0.3) is 0 Å². The van der Waals surface area contributed by atoms with Gasteiger partial charge in [0.15, 0.2) is 0 Å². The highest BCUT2D eigenvalue weighted by Crippen LogP contribution is 2.30. The molecule has 110 valence electrons. The summed E-state index contributed by atoms with van der Waals surface area (Å²) in [7, 11) is 0. The van der Waals surface area contributed by atoms with Crippen molar-refractivity contribution in [1.82, 2.24) is 0 Å². The second kappa shape index (κ2) is 6.15. The van der Waals surface area contributed by atoms with Gasteiger partial charge in [-0.1, -0.05) is 36.5 Å². The summed E-state index contributed by atoms with van der Waals surface area (Å²) in [4.78, 5) is 0.370. The van der Waals surface area contributed by atoms with Crippen LogP contribution in [0.25, 0.3) is 0 Å². The standard InChI is InChI=1S/C15H11BrF3NS/c1-9-3-2-4-12(13(9)16)20-14(21)10-5-7-11(8-6-10)15(17,18)19/h2-8H,1H3,(H,20,21). The first kappa shape index (κ1) is 16.0. The molecule has 0 amide bonds. The van der Waals surface area contributed by atoms with E-state index in [1.165, 1.54) is 12.1 Å². The number of alkyl halides is 3. The summed E-state index contributed by atoms with van der Waals surface area (Å²) in [5.41, 5.74) is 1.66. The second-order valence-corrected chi connectivity index (χ2v) is 5.67. The predicted octanol–water partition coefficient (Wildman–Crippen LogP) is 5.56. The fourth-order valence-electron chi connectivity index (χ4n) is 1.75. The van der Waals surface area contributed by atoms with Crippen LogP contribution in [0.5, 0.6) is 0 Å². The number of hydrogen-bond donors (Lipinski definition) is 1. The topological polar surface area (TPSA) is 12.0 Å². The van der Waals surface area contributed by atoms with Crippen LogP contribution < -0.4 is 5.32 Å². The molecule has 0 aliphatic rings. The van der Waals surface area contributed by atoms with Crippen molar-refractivity contribution in [3.05, 3.63) is 63.6 Å². The van der Waals surface area contributed by atoms with Gasteiger partial charge in [0.1, 0.15) is 4.99 Å². The molecule has 0 atom stereocenters. The van der Waals surface area contributed by atoms with E-state index in [0.29, 0.717) is 10.6 Å². The van der Waals surface area contributed by atoms with Crippen molar-refractivity contribution in [2.45, 2.75) is 13.1 Å². The van der Waals surface area contributed by atoms with Crippen LogP contribution in [-0.2, 0) is 6.18 Å². The monoisotopic (exact) mass is 373 g/mol. The van der Waals surface area contributed by atoms with Crippen LogP contribution in [0.3, 0.4) is 0 Å². The van der Waals surface area contributed by atoms with Gasteiger partial charge in [0, 0.05) is 10.0 Å². The second-order valence-electron chi connectivity index (χ2n) is 4.47. The van der Waals surface area contributed by atoms with Crippen molar-refractivity contribution < 1.29 is 13.2 Å². The highest BCUT2D eigenvalue weighted by Gasteiger charge is 2.30. The Kier molecular flexibility index (Phi) is 4.68. The Balaban J connectivity index is 2.19.